The van der Waals surface area contributed by atoms with Crippen molar-refractivity contribution in [3.05, 3.63) is 12.2 Å². The van der Waals surface area contributed by atoms with Crippen molar-refractivity contribution in [2.24, 2.45) is 0 Å². The number of amides is 1. The van der Waals surface area contributed by atoms with Gasteiger partial charge < -0.3 is 20.3 Å². The van der Waals surface area contributed by atoms with Crippen molar-refractivity contribution in [2.45, 2.75) is 302 Å². The molecule has 2 atom stereocenters. The lowest BCUT2D eigenvalue weighted by molar-refractivity contribution is -0.143. The van der Waals surface area contributed by atoms with Gasteiger partial charge in [-0.15, -0.1) is 0 Å². The lowest BCUT2D eigenvalue weighted by Crippen LogP contribution is -2.45. The topological polar surface area (TPSA) is 95.9 Å². The lowest BCUT2D eigenvalue weighted by atomic mass is 10.0. The van der Waals surface area contributed by atoms with Gasteiger partial charge in [-0.05, 0) is 32.1 Å². The van der Waals surface area contributed by atoms with E-state index in [0.717, 1.165) is 57.8 Å². The molecule has 6 nitrogen and oxygen atoms in total. The van der Waals surface area contributed by atoms with Crippen LogP contribution in [0.5, 0.6) is 0 Å². The molecule has 1 amide bonds. The van der Waals surface area contributed by atoms with Crippen LogP contribution >= 0.6 is 0 Å². The number of allylic oxidation sites excluding steroid dienone is 1. The number of carbonyl (C=O) groups excluding carboxylic acids is 2. The molecule has 0 heterocycles. The number of esters is 1. The average Bonchev–Trinajstić information content (AvgIpc) is 3.24. The van der Waals surface area contributed by atoms with E-state index in [-0.39, 0.29) is 18.5 Å². The van der Waals surface area contributed by atoms with Crippen LogP contribution in [0.2, 0.25) is 0 Å². The van der Waals surface area contributed by atoms with Gasteiger partial charge in [0, 0.05) is 12.8 Å². The van der Waals surface area contributed by atoms with Crippen LogP contribution in [0.25, 0.3) is 0 Å². The highest BCUT2D eigenvalue weighted by Crippen LogP contribution is 2.16. The Bertz CT molecular complexity index is 878. The number of hydrogen-bond donors (Lipinski definition) is 3. The van der Waals surface area contributed by atoms with Crippen LogP contribution in [-0.2, 0) is 14.3 Å². The Balaban J connectivity index is 3.50. The van der Waals surface area contributed by atoms with Crippen LogP contribution < -0.4 is 5.32 Å². The molecule has 0 rings (SSSR count). The van der Waals surface area contributed by atoms with Crippen molar-refractivity contribution < 1.29 is 24.5 Å². The van der Waals surface area contributed by atoms with Crippen molar-refractivity contribution in [3.8, 4) is 0 Å². The molecule has 59 heavy (non-hydrogen) atoms. The Labute approximate surface area is 368 Å². The van der Waals surface area contributed by atoms with E-state index in [4.69, 9.17) is 4.74 Å². The summed E-state index contributed by atoms with van der Waals surface area (Å²) in [4.78, 5) is 24.4. The van der Waals surface area contributed by atoms with Gasteiger partial charge >= 0.3 is 5.97 Å². The second-order valence-electron chi connectivity index (χ2n) is 18.2. The number of aliphatic hydroxyl groups is 2. The summed E-state index contributed by atoms with van der Waals surface area (Å²) in [5.41, 5.74) is 0. The van der Waals surface area contributed by atoms with Gasteiger partial charge in [-0.2, -0.15) is 0 Å². The molecule has 0 aliphatic carbocycles. The van der Waals surface area contributed by atoms with E-state index in [9.17, 15) is 19.8 Å². The van der Waals surface area contributed by atoms with Gasteiger partial charge in [-0.3, -0.25) is 9.59 Å². The number of hydrogen-bond acceptors (Lipinski definition) is 5. The maximum absolute atomic E-state index is 12.4. The van der Waals surface area contributed by atoms with E-state index in [1.54, 1.807) is 6.08 Å². The molecule has 0 radical (unpaired) electrons. The number of nitrogens with one attached hydrogen (secondary N) is 1. The van der Waals surface area contributed by atoms with Crippen molar-refractivity contribution in [1.82, 2.24) is 5.32 Å². The summed E-state index contributed by atoms with van der Waals surface area (Å²) in [6.07, 6.45) is 56.4. The largest absolute Gasteiger partial charge is 0.466 e. The van der Waals surface area contributed by atoms with Gasteiger partial charge in [0.2, 0.25) is 5.91 Å². The third kappa shape index (κ3) is 45.9. The molecule has 0 aliphatic rings. The molecule has 0 aromatic heterocycles. The smallest absolute Gasteiger partial charge is 0.305 e. The summed E-state index contributed by atoms with van der Waals surface area (Å²) in [5.74, 6) is -0.0918. The van der Waals surface area contributed by atoms with E-state index in [2.05, 4.69) is 19.2 Å². The molecule has 0 aliphatic heterocycles. The van der Waals surface area contributed by atoms with E-state index in [1.807, 2.05) is 6.08 Å². The Morgan fingerprint density at radius 3 is 1.15 bits per heavy atom. The first-order valence-corrected chi connectivity index (χ1v) is 26.5. The molecular formula is C53H103NO5. The zero-order valence-electron chi connectivity index (χ0n) is 39.7. The molecule has 0 spiro atoms. The molecule has 0 saturated heterocycles. The molecule has 0 bridgehead atoms. The van der Waals surface area contributed by atoms with E-state index >= 15 is 0 Å². The Morgan fingerprint density at radius 1 is 0.458 bits per heavy atom. The quantitative estimate of drug-likeness (QED) is 0.0322. The van der Waals surface area contributed by atoms with Gasteiger partial charge in [-0.25, -0.2) is 0 Å². The molecule has 2 unspecified atom stereocenters. The normalized spacial score (nSPS) is 12.7. The molecule has 0 fully saturated rings. The molecular weight excluding hydrogens is 731 g/mol. The molecule has 350 valence electrons. The summed E-state index contributed by atoms with van der Waals surface area (Å²) >= 11 is 0. The predicted molar refractivity (Wildman–Crippen MR) is 255 cm³/mol. The number of ether oxygens (including phenoxy) is 1. The SMILES string of the molecule is CCCCCCCCCCCCCCCCCCC/C=C/C(O)C(CO)NC(=O)CCCCCCCCCCCCCCOC(=O)CCCCCCCCCCCCC. The minimum atomic E-state index is -0.853. The summed E-state index contributed by atoms with van der Waals surface area (Å²) < 4.78 is 5.44. The second kappa shape index (κ2) is 49.3. The predicted octanol–water partition coefficient (Wildman–Crippen LogP) is 15.7. The van der Waals surface area contributed by atoms with E-state index in [0.29, 0.717) is 19.4 Å². The Hall–Kier alpha value is -1.40. The highest BCUT2D eigenvalue weighted by Gasteiger charge is 2.18. The number of aliphatic hydroxyl groups excluding tert-OH is 2. The molecule has 0 aromatic carbocycles. The maximum Gasteiger partial charge on any atom is 0.305 e. The molecule has 6 heteroatoms. The third-order valence-corrected chi connectivity index (χ3v) is 12.3. The van der Waals surface area contributed by atoms with E-state index in [1.165, 1.54) is 205 Å². The number of unbranched alkanes of at least 4 members (excludes halogenated alkanes) is 38. The first kappa shape index (κ1) is 57.6. The molecule has 3 N–H and O–H groups in total. The molecule has 0 saturated carbocycles. The van der Waals surface area contributed by atoms with Crippen LogP contribution in [0, 0.1) is 0 Å². The lowest BCUT2D eigenvalue weighted by Gasteiger charge is -2.20. The number of rotatable bonds is 49. The van der Waals surface area contributed by atoms with E-state index < -0.39 is 12.1 Å². The van der Waals surface area contributed by atoms with Crippen molar-refractivity contribution in [2.75, 3.05) is 13.2 Å². The summed E-state index contributed by atoms with van der Waals surface area (Å²) in [7, 11) is 0. The minimum absolute atomic E-state index is 0.0107. The first-order chi connectivity index (χ1) is 29.0. The van der Waals surface area contributed by atoms with Gasteiger partial charge in [0.05, 0.1) is 25.4 Å². The van der Waals surface area contributed by atoms with Crippen molar-refractivity contribution in [3.63, 3.8) is 0 Å². The minimum Gasteiger partial charge on any atom is -0.466 e. The van der Waals surface area contributed by atoms with Crippen LogP contribution in [0.1, 0.15) is 290 Å². The second-order valence-corrected chi connectivity index (χ2v) is 18.2. The summed E-state index contributed by atoms with van der Waals surface area (Å²) in [5, 5.41) is 23.1. The zero-order valence-corrected chi connectivity index (χ0v) is 39.7. The monoisotopic (exact) mass is 834 g/mol. The summed E-state index contributed by atoms with van der Waals surface area (Å²) in [6.45, 7) is 4.88. The van der Waals surface area contributed by atoms with Gasteiger partial charge in [-0.1, -0.05) is 257 Å². The van der Waals surface area contributed by atoms with Gasteiger partial charge in [0.1, 0.15) is 0 Å². The fourth-order valence-corrected chi connectivity index (χ4v) is 8.22. The van der Waals surface area contributed by atoms with Crippen LogP contribution in [0.4, 0.5) is 0 Å². The van der Waals surface area contributed by atoms with Gasteiger partial charge in [0.25, 0.3) is 0 Å². The van der Waals surface area contributed by atoms with Crippen molar-refractivity contribution >= 4 is 11.9 Å². The number of carbonyl (C=O) groups is 2. The first-order valence-electron chi connectivity index (χ1n) is 26.5. The highest BCUT2D eigenvalue weighted by atomic mass is 16.5. The summed E-state index contributed by atoms with van der Waals surface area (Å²) in [6, 6.07) is -0.638. The van der Waals surface area contributed by atoms with Crippen LogP contribution in [0.3, 0.4) is 0 Å². The van der Waals surface area contributed by atoms with Crippen LogP contribution in [0.15, 0.2) is 12.2 Å². The third-order valence-electron chi connectivity index (χ3n) is 12.3. The fraction of sp³-hybridized carbons (Fsp3) is 0.925. The van der Waals surface area contributed by atoms with Crippen LogP contribution in [-0.4, -0.2) is 47.4 Å². The Morgan fingerprint density at radius 2 is 0.780 bits per heavy atom. The fourth-order valence-electron chi connectivity index (χ4n) is 8.22. The van der Waals surface area contributed by atoms with Crippen molar-refractivity contribution in [1.29, 1.82) is 0 Å². The van der Waals surface area contributed by atoms with Gasteiger partial charge in [0.15, 0.2) is 0 Å². The standard InChI is InChI=1S/C53H103NO5/c1-3-5-7-9-11-13-15-16-17-18-19-20-21-22-26-29-33-37-41-45-51(56)50(49-55)54-52(57)46-42-38-34-30-27-23-24-28-32-36-40-44-48-59-53(58)47-43-39-35-31-25-14-12-10-8-6-4-2/h41,45,50-51,55-56H,3-40,42-44,46-49H2,1-2H3,(H,54,57)/b45-41+. The Kier molecular flexibility index (Phi) is 48.1. The maximum atomic E-state index is 12.4. The average molecular weight is 834 g/mol. The highest BCUT2D eigenvalue weighted by molar-refractivity contribution is 5.76. The zero-order chi connectivity index (χ0) is 43.0. The molecule has 0 aromatic rings.